The van der Waals surface area contributed by atoms with Crippen molar-refractivity contribution < 1.29 is 4.39 Å². The number of halogens is 1. The van der Waals surface area contributed by atoms with Gasteiger partial charge in [0.1, 0.15) is 5.82 Å². The van der Waals surface area contributed by atoms with Crippen LogP contribution in [0.1, 0.15) is 19.4 Å². The van der Waals surface area contributed by atoms with Crippen molar-refractivity contribution in [1.82, 2.24) is 10.0 Å². The SMILES string of the molecule is C=NC(N)N(C)N(Cc1cccc(F)c1)C(C)C. The summed E-state index contributed by atoms with van der Waals surface area (Å²) in [6.45, 7) is 8.11. The standard InChI is InChI=1S/C13H21FN4/c1-10(2)18(17(4)13(15)16-3)9-11-6-5-7-12(14)8-11/h5-8,10,13H,3,9,15H2,1-2,4H3. The molecule has 2 N–H and O–H groups in total. The molecule has 0 saturated carbocycles. The van der Waals surface area contributed by atoms with E-state index in [2.05, 4.69) is 11.7 Å². The zero-order valence-corrected chi connectivity index (χ0v) is 11.2. The van der Waals surface area contributed by atoms with E-state index in [0.29, 0.717) is 6.54 Å². The van der Waals surface area contributed by atoms with Crippen LogP contribution in [0.2, 0.25) is 0 Å². The Morgan fingerprint density at radius 2 is 2.11 bits per heavy atom. The minimum Gasteiger partial charge on any atom is -0.296 e. The number of aliphatic imine (C=N–C) groups is 1. The zero-order valence-electron chi connectivity index (χ0n) is 11.2. The second-order valence-electron chi connectivity index (χ2n) is 4.49. The van der Waals surface area contributed by atoms with Crippen molar-refractivity contribution in [3.05, 3.63) is 35.6 Å². The summed E-state index contributed by atoms with van der Waals surface area (Å²) < 4.78 is 13.2. The van der Waals surface area contributed by atoms with Crippen molar-refractivity contribution in [2.45, 2.75) is 32.7 Å². The average molecular weight is 252 g/mol. The van der Waals surface area contributed by atoms with Crippen LogP contribution in [0.25, 0.3) is 0 Å². The molecule has 1 unspecified atom stereocenters. The van der Waals surface area contributed by atoms with Crippen molar-refractivity contribution in [2.24, 2.45) is 10.7 Å². The lowest BCUT2D eigenvalue weighted by Gasteiger charge is -2.37. The van der Waals surface area contributed by atoms with Gasteiger partial charge in [-0.1, -0.05) is 12.1 Å². The molecule has 0 amide bonds. The van der Waals surface area contributed by atoms with Crippen LogP contribution in [-0.2, 0) is 6.54 Å². The average Bonchev–Trinajstić information content (AvgIpc) is 2.34. The summed E-state index contributed by atoms with van der Waals surface area (Å²) in [6.07, 6.45) is -0.499. The van der Waals surface area contributed by atoms with Crippen molar-refractivity contribution in [3.8, 4) is 0 Å². The van der Waals surface area contributed by atoms with E-state index in [1.165, 1.54) is 12.1 Å². The van der Waals surface area contributed by atoms with Gasteiger partial charge in [-0.15, -0.1) is 0 Å². The first-order chi connectivity index (χ1) is 8.45. The monoisotopic (exact) mass is 252 g/mol. The van der Waals surface area contributed by atoms with E-state index < -0.39 is 6.29 Å². The second kappa shape index (κ2) is 6.58. The zero-order chi connectivity index (χ0) is 13.7. The number of hydrogen-bond donors (Lipinski definition) is 1. The summed E-state index contributed by atoms with van der Waals surface area (Å²) in [5.41, 5.74) is 6.71. The van der Waals surface area contributed by atoms with Gasteiger partial charge in [0.25, 0.3) is 0 Å². The van der Waals surface area contributed by atoms with E-state index in [1.54, 1.807) is 6.07 Å². The molecule has 100 valence electrons. The number of rotatable bonds is 6. The Bertz CT molecular complexity index is 394. The number of nitrogens with zero attached hydrogens (tertiary/aromatic N) is 3. The van der Waals surface area contributed by atoms with Gasteiger partial charge in [0.2, 0.25) is 0 Å². The molecule has 1 aromatic carbocycles. The molecule has 0 spiro atoms. The molecule has 0 fully saturated rings. The summed E-state index contributed by atoms with van der Waals surface area (Å²) >= 11 is 0. The maximum absolute atomic E-state index is 13.2. The van der Waals surface area contributed by atoms with Gasteiger partial charge in [0.05, 0.1) is 0 Å². The van der Waals surface area contributed by atoms with E-state index in [1.807, 2.05) is 37.0 Å². The quantitative estimate of drug-likeness (QED) is 0.477. The van der Waals surface area contributed by atoms with Crippen LogP contribution < -0.4 is 5.73 Å². The minimum absolute atomic E-state index is 0.228. The first-order valence-corrected chi connectivity index (χ1v) is 5.91. The summed E-state index contributed by atoms with van der Waals surface area (Å²) in [5, 5.41) is 3.83. The predicted octanol–water partition coefficient (Wildman–Crippen LogP) is 1.83. The summed E-state index contributed by atoms with van der Waals surface area (Å²) in [6, 6.07) is 6.78. The number of hydrazine groups is 1. The lowest BCUT2D eigenvalue weighted by atomic mass is 10.2. The Morgan fingerprint density at radius 3 is 2.61 bits per heavy atom. The van der Waals surface area contributed by atoms with Gasteiger partial charge in [0.15, 0.2) is 6.29 Å². The molecule has 0 bridgehead atoms. The molecule has 0 aromatic heterocycles. The van der Waals surface area contributed by atoms with E-state index in [4.69, 9.17) is 5.73 Å². The lowest BCUT2D eigenvalue weighted by Crippen LogP contribution is -2.51. The molecule has 5 heteroatoms. The van der Waals surface area contributed by atoms with E-state index in [0.717, 1.165) is 5.56 Å². The number of hydrogen-bond acceptors (Lipinski definition) is 4. The normalized spacial score (nSPS) is 13.3. The fourth-order valence-electron chi connectivity index (χ4n) is 1.75. The molecule has 1 rings (SSSR count). The molecule has 0 aliphatic carbocycles. The highest BCUT2D eigenvalue weighted by Crippen LogP contribution is 2.13. The third-order valence-electron chi connectivity index (χ3n) is 2.80. The summed E-state index contributed by atoms with van der Waals surface area (Å²) in [7, 11) is 1.85. The first-order valence-electron chi connectivity index (χ1n) is 5.91. The second-order valence-corrected chi connectivity index (χ2v) is 4.49. The van der Waals surface area contributed by atoms with Crippen molar-refractivity contribution in [2.75, 3.05) is 7.05 Å². The smallest absolute Gasteiger partial charge is 0.165 e. The topological polar surface area (TPSA) is 44.9 Å². The molecule has 0 radical (unpaired) electrons. The van der Waals surface area contributed by atoms with Gasteiger partial charge in [0, 0.05) is 19.6 Å². The van der Waals surface area contributed by atoms with Crippen LogP contribution in [0.5, 0.6) is 0 Å². The van der Waals surface area contributed by atoms with E-state index in [-0.39, 0.29) is 11.9 Å². The van der Waals surface area contributed by atoms with Crippen LogP contribution in [0, 0.1) is 5.82 Å². The summed E-state index contributed by atoms with van der Waals surface area (Å²) in [5.74, 6) is -0.231. The minimum atomic E-state index is -0.499. The molecular weight excluding hydrogens is 231 g/mol. The largest absolute Gasteiger partial charge is 0.296 e. The molecule has 1 atom stereocenters. The Labute approximate surface area is 108 Å². The maximum Gasteiger partial charge on any atom is 0.165 e. The van der Waals surface area contributed by atoms with E-state index >= 15 is 0 Å². The van der Waals surface area contributed by atoms with E-state index in [9.17, 15) is 4.39 Å². The Hall–Kier alpha value is -1.30. The fraction of sp³-hybridized carbons (Fsp3) is 0.462. The van der Waals surface area contributed by atoms with Crippen molar-refractivity contribution in [3.63, 3.8) is 0 Å². The maximum atomic E-state index is 13.2. The van der Waals surface area contributed by atoms with Crippen LogP contribution in [-0.4, -0.2) is 36.1 Å². The van der Waals surface area contributed by atoms with Gasteiger partial charge in [-0.2, -0.15) is 0 Å². The van der Waals surface area contributed by atoms with Gasteiger partial charge in [-0.25, -0.2) is 14.4 Å². The van der Waals surface area contributed by atoms with Gasteiger partial charge < -0.3 is 0 Å². The van der Waals surface area contributed by atoms with Crippen LogP contribution in [0.3, 0.4) is 0 Å². The molecule has 0 heterocycles. The molecule has 0 aliphatic rings. The van der Waals surface area contributed by atoms with Gasteiger partial charge >= 0.3 is 0 Å². The summed E-state index contributed by atoms with van der Waals surface area (Å²) in [4.78, 5) is 3.79. The number of nitrogens with two attached hydrogens (primary N) is 1. The Kier molecular flexibility index (Phi) is 5.40. The molecule has 0 saturated heterocycles. The highest BCUT2D eigenvalue weighted by molar-refractivity contribution is 5.23. The van der Waals surface area contributed by atoms with Crippen molar-refractivity contribution >= 4 is 6.72 Å². The molecule has 4 nitrogen and oxygen atoms in total. The highest BCUT2D eigenvalue weighted by Gasteiger charge is 2.19. The molecule has 0 aliphatic heterocycles. The first kappa shape index (κ1) is 14.8. The third-order valence-corrected chi connectivity index (χ3v) is 2.80. The predicted molar refractivity (Wildman–Crippen MR) is 72.4 cm³/mol. The van der Waals surface area contributed by atoms with Crippen LogP contribution in [0.15, 0.2) is 29.3 Å². The molecule has 1 aromatic rings. The van der Waals surface area contributed by atoms with Crippen LogP contribution in [0.4, 0.5) is 4.39 Å². The molecular formula is C13H21FN4. The Morgan fingerprint density at radius 1 is 1.44 bits per heavy atom. The lowest BCUT2D eigenvalue weighted by molar-refractivity contribution is -0.0653. The Balaban J connectivity index is 2.83. The fourth-order valence-corrected chi connectivity index (χ4v) is 1.75. The van der Waals surface area contributed by atoms with Gasteiger partial charge in [-0.3, -0.25) is 10.7 Å². The van der Waals surface area contributed by atoms with Crippen LogP contribution >= 0.6 is 0 Å². The third kappa shape index (κ3) is 3.87. The molecule has 18 heavy (non-hydrogen) atoms. The van der Waals surface area contributed by atoms with Crippen molar-refractivity contribution in [1.29, 1.82) is 0 Å². The number of benzene rings is 1. The van der Waals surface area contributed by atoms with Gasteiger partial charge in [-0.05, 0) is 38.3 Å². The highest BCUT2D eigenvalue weighted by atomic mass is 19.1.